The minimum atomic E-state index is -0.572. The van der Waals surface area contributed by atoms with Gasteiger partial charge in [-0.3, -0.25) is 0 Å². The number of aliphatic hydroxyl groups excluding tert-OH is 1. The molecule has 1 aromatic carbocycles. The molecule has 1 aliphatic carbocycles. The maximum atomic E-state index is 9.99. The first-order chi connectivity index (χ1) is 16.5. The van der Waals surface area contributed by atoms with Crippen LogP contribution in [-0.2, 0) is 6.42 Å². The molecule has 34 heavy (non-hydrogen) atoms. The SMILES string of the molecule is CNC[C@H](O)COc1cccc(-c2nc(CC3CCCCC3)c(C)c(-c3c(C)noc3C)n2)c1. The van der Waals surface area contributed by atoms with E-state index in [-0.39, 0.29) is 6.61 Å². The van der Waals surface area contributed by atoms with Gasteiger partial charge in [0, 0.05) is 17.8 Å². The molecule has 0 amide bonds. The Kier molecular flexibility index (Phi) is 7.95. The molecule has 2 heterocycles. The summed E-state index contributed by atoms with van der Waals surface area (Å²) in [6.45, 7) is 6.70. The molecule has 2 aromatic heterocycles. The fourth-order valence-corrected chi connectivity index (χ4v) is 4.83. The largest absolute Gasteiger partial charge is 0.491 e. The lowest BCUT2D eigenvalue weighted by Crippen LogP contribution is -2.29. The maximum absolute atomic E-state index is 9.99. The van der Waals surface area contributed by atoms with Crippen molar-refractivity contribution in [2.75, 3.05) is 20.2 Å². The standard InChI is InChI=1S/C27H36N4O3/c1-17-24(13-20-9-6-5-7-10-20)29-27(30-26(17)25-18(2)31-34-19(25)3)21-11-8-12-23(14-21)33-16-22(32)15-28-4/h8,11-12,14,20,22,28,32H,5-7,9-10,13,15-16H2,1-4H3/t22-/m0/s1. The molecule has 1 saturated carbocycles. The van der Waals surface area contributed by atoms with Gasteiger partial charge in [0.1, 0.15) is 24.2 Å². The summed E-state index contributed by atoms with van der Waals surface area (Å²) in [5.74, 6) is 2.79. The molecular weight excluding hydrogens is 428 g/mol. The Morgan fingerprint density at radius 2 is 1.94 bits per heavy atom. The number of hydrogen-bond acceptors (Lipinski definition) is 7. The van der Waals surface area contributed by atoms with Crippen molar-refractivity contribution < 1.29 is 14.4 Å². The Morgan fingerprint density at radius 3 is 2.65 bits per heavy atom. The van der Waals surface area contributed by atoms with Gasteiger partial charge in [-0.05, 0) is 57.9 Å². The molecule has 1 atom stereocenters. The zero-order chi connectivity index (χ0) is 24.1. The number of aliphatic hydroxyl groups is 1. The molecule has 0 aliphatic heterocycles. The number of hydrogen-bond donors (Lipinski definition) is 2. The van der Waals surface area contributed by atoms with Crippen LogP contribution in [-0.4, -0.2) is 46.5 Å². The third-order valence-electron chi connectivity index (χ3n) is 6.70. The van der Waals surface area contributed by atoms with Crippen LogP contribution in [0.2, 0.25) is 0 Å². The second-order valence-corrected chi connectivity index (χ2v) is 9.43. The Balaban J connectivity index is 1.71. The molecule has 0 radical (unpaired) electrons. The first-order valence-electron chi connectivity index (χ1n) is 12.3. The fourth-order valence-electron chi connectivity index (χ4n) is 4.83. The van der Waals surface area contributed by atoms with Gasteiger partial charge in [-0.1, -0.05) is 49.4 Å². The van der Waals surface area contributed by atoms with Crippen molar-refractivity contribution >= 4 is 0 Å². The Hall–Kier alpha value is -2.77. The Labute approximate surface area is 202 Å². The van der Waals surface area contributed by atoms with E-state index < -0.39 is 6.10 Å². The molecule has 3 aromatic rings. The minimum Gasteiger partial charge on any atom is -0.491 e. The average Bonchev–Trinajstić information content (AvgIpc) is 3.18. The highest BCUT2D eigenvalue weighted by Gasteiger charge is 2.23. The Morgan fingerprint density at radius 1 is 1.15 bits per heavy atom. The van der Waals surface area contributed by atoms with Gasteiger partial charge in [0.2, 0.25) is 0 Å². The smallest absolute Gasteiger partial charge is 0.160 e. The number of nitrogens with one attached hydrogen (secondary N) is 1. The van der Waals surface area contributed by atoms with Gasteiger partial charge in [-0.15, -0.1) is 0 Å². The predicted octanol–water partition coefficient (Wildman–Crippen LogP) is 4.81. The molecule has 0 saturated heterocycles. The lowest BCUT2D eigenvalue weighted by atomic mass is 9.85. The van der Waals surface area contributed by atoms with Gasteiger partial charge in [-0.2, -0.15) is 0 Å². The normalized spacial score (nSPS) is 15.4. The van der Waals surface area contributed by atoms with Crippen LogP contribution >= 0.6 is 0 Å². The van der Waals surface area contributed by atoms with Gasteiger partial charge >= 0.3 is 0 Å². The lowest BCUT2D eigenvalue weighted by molar-refractivity contribution is 0.108. The van der Waals surface area contributed by atoms with Crippen molar-refractivity contribution in [1.29, 1.82) is 0 Å². The van der Waals surface area contributed by atoms with Crippen LogP contribution in [0.4, 0.5) is 0 Å². The van der Waals surface area contributed by atoms with E-state index in [9.17, 15) is 5.11 Å². The van der Waals surface area contributed by atoms with E-state index in [1.54, 1.807) is 7.05 Å². The quantitative estimate of drug-likeness (QED) is 0.469. The van der Waals surface area contributed by atoms with Crippen LogP contribution in [0.5, 0.6) is 5.75 Å². The van der Waals surface area contributed by atoms with Gasteiger partial charge in [0.05, 0.1) is 17.0 Å². The van der Waals surface area contributed by atoms with Crippen molar-refractivity contribution in [3.05, 3.63) is 47.0 Å². The summed E-state index contributed by atoms with van der Waals surface area (Å²) >= 11 is 0. The number of benzene rings is 1. The van der Waals surface area contributed by atoms with Crippen LogP contribution < -0.4 is 10.1 Å². The third kappa shape index (κ3) is 5.65. The lowest BCUT2D eigenvalue weighted by Gasteiger charge is -2.22. The summed E-state index contributed by atoms with van der Waals surface area (Å²) in [6, 6.07) is 7.78. The number of aryl methyl sites for hydroxylation is 2. The van der Waals surface area contributed by atoms with Gasteiger partial charge in [0.25, 0.3) is 0 Å². The molecule has 0 unspecified atom stereocenters. The van der Waals surface area contributed by atoms with E-state index in [4.69, 9.17) is 19.2 Å². The molecule has 4 rings (SSSR count). The summed E-state index contributed by atoms with van der Waals surface area (Å²) < 4.78 is 11.3. The molecule has 1 aliphatic rings. The van der Waals surface area contributed by atoms with Gasteiger partial charge in [0.15, 0.2) is 5.82 Å². The highest BCUT2D eigenvalue weighted by atomic mass is 16.5. The molecule has 0 bridgehead atoms. The average molecular weight is 465 g/mol. The number of rotatable bonds is 9. The molecule has 2 N–H and O–H groups in total. The van der Waals surface area contributed by atoms with Crippen LogP contribution in [0.25, 0.3) is 22.6 Å². The number of nitrogens with zero attached hydrogens (tertiary/aromatic N) is 3. The summed E-state index contributed by atoms with van der Waals surface area (Å²) in [5, 5.41) is 17.1. The molecular formula is C27H36N4O3. The summed E-state index contributed by atoms with van der Waals surface area (Å²) in [5.41, 5.74) is 5.77. The van der Waals surface area contributed by atoms with E-state index in [1.165, 1.54) is 32.1 Å². The highest BCUT2D eigenvalue weighted by molar-refractivity contribution is 5.71. The summed E-state index contributed by atoms with van der Waals surface area (Å²) in [6.07, 6.45) is 6.86. The molecule has 1 fully saturated rings. The van der Waals surface area contributed by atoms with Crippen molar-refractivity contribution in [1.82, 2.24) is 20.4 Å². The maximum Gasteiger partial charge on any atom is 0.160 e. The van der Waals surface area contributed by atoms with Crippen LogP contribution in [0.1, 0.15) is 54.8 Å². The second kappa shape index (κ2) is 11.1. The fraction of sp³-hybridized carbons (Fsp3) is 0.519. The van der Waals surface area contributed by atoms with E-state index in [2.05, 4.69) is 17.4 Å². The predicted molar refractivity (Wildman–Crippen MR) is 133 cm³/mol. The molecule has 182 valence electrons. The van der Waals surface area contributed by atoms with Crippen molar-refractivity contribution in [3.8, 4) is 28.4 Å². The summed E-state index contributed by atoms with van der Waals surface area (Å²) in [7, 11) is 1.81. The molecule has 7 nitrogen and oxygen atoms in total. The first-order valence-corrected chi connectivity index (χ1v) is 12.3. The highest BCUT2D eigenvalue weighted by Crippen LogP contribution is 2.34. The summed E-state index contributed by atoms with van der Waals surface area (Å²) in [4.78, 5) is 10.1. The Bertz CT molecular complexity index is 1090. The van der Waals surface area contributed by atoms with Crippen molar-refractivity contribution in [3.63, 3.8) is 0 Å². The monoisotopic (exact) mass is 464 g/mol. The third-order valence-corrected chi connectivity index (χ3v) is 6.70. The van der Waals surface area contributed by atoms with E-state index in [1.807, 2.05) is 38.1 Å². The minimum absolute atomic E-state index is 0.219. The van der Waals surface area contributed by atoms with E-state index in [0.717, 1.165) is 46.0 Å². The van der Waals surface area contributed by atoms with Crippen molar-refractivity contribution in [2.24, 2.45) is 5.92 Å². The van der Waals surface area contributed by atoms with E-state index >= 15 is 0 Å². The van der Waals surface area contributed by atoms with E-state index in [0.29, 0.717) is 24.0 Å². The van der Waals surface area contributed by atoms with Crippen LogP contribution in [0.15, 0.2) is 28.8 Å². The first kappa shape index (κ1) is 24.4. The number of likely N-dealkylation sites (N-methyl/N-ethyl adjacent to an activating group) is 1. The van der Waals surface area contributed by atoms with Gasteiger partial charge in [-0.25, -0.2) is 9.97 Å². The van der Waals surface area contributed by atoms with Crippen molar-refractivity contribution in [2.45, 2.75) is 65.4 Å². The topological polar surface area (TPSA) is 93.3 Å². The van der Waals surface area contributed by atoms with Crippen LogP contribution in [0, 0.1) is 26.7 Å². The zero-order valence-corrected chi connectivity index (χ0v) is 20.7. The molecule has 0 spiro atoms. The zero-order valence-electron chi connectivity index (χ0n) is 20.7. The van der Waals surface area contributed by atoms with Gasteiger partial charge < -0.3 is 19.7 Å². The number of aromatic nitrogens is 3. The number of ether oxygens (including phenoxy) is 1. The van der Waals surface area contributed by atoms with Crippen LogP contribution in [0.3, 0.4) is 0 Å². The molecule has 7 heteroatoms. The second-order valence-electron chi connectivity index (χ2n) is 9.43.